The molecule has 0 saturated carbocycles. The van der Waals surface area contributed by atoms with Crippen molar-refractivity contribution in [3.63, 3.8) is 0 Å². The molecule has 0 amide bonds. The molecule has 0 bridgehead atoms. The van der Waals surface area contributed by atoms with Crippen LogP contribution in [0.25, 0.3) is 11.5 Å². The van der Waals surface area contributed by atoms with Crippen LogP contribution in [0.2, 0.25) is 5.02 Å². The standard InChI is InChI=1S/C12H12ClN3S/c1-7(2)10-5-11(17)16-12(15-10)9-4-3-8(13)6-14-9/h3-7H,1-2H3,(H,15,16,17). The van der Waals surface area contributed by atoms with Gasteiger partial charge in [0.2, 0.25) is 0 Å². The highest BCUT2D eigenvalue weighted by Crippen LogP contribution is 2.18. The van der Waals surface area contributed by atoms with Crippen molar-refractivity contribution in [2.45, 2.75) is 19.8 Å². The van der Waals surface area contributed by atoms with Crippen molar-refractivity contribution >= 4 is 23.8 Å². The van der Waals surface area contributed by atoms with Gasteiger partial charge in [0.15, 0.2) is 5.82 Å². The highest BCUT2D eigenvalue weighted by atomic mass is 35.5. The predicted octanol–water partition coefficient (Wildman–Crippen LogP) is 3.98. The van der Waals surface area contributed by atoms with E-state index in [1.54, 1.807) is 12.3 Å². The summed E-state index contributed by atoms with van der Waals surface area (Å²) in [5.41, 5.74) is 1.79. The van der Waals surface area contributed by atoms with E-state index in [2.05, 4.69) is 28.8 Å². The first-order chi connectivity index (χ1) is 8.06. The van der Waals surface area contributed by atoms with E-state index < -0.39 is 0 Å². The number of nitrogens with one attached hydrogen (secondary N) is 1. The fourth-order valence-electron chi connectivity index (χ4n) is 1.42. The zero-order valence-corrected chi connectivity index (χ0v) is 11.1. The summed E-state index contributed by atoms with van der Waals surface area (Å²) >= 11 is 10.9. The van der Waals surface area contributed by atoms with Crippen molar-refractivity contribution < 1.29 is 0 Å². The van der Waals surface area contributed by atoms with E-state index in [4.69, 9.17) is 23.8 Å². The quantitative estimate of drug-likeness (QED) is 0.835. The summed E-state index contributed by atoms with van der Waals surface area (Å²) in [7, 11) is 0. The van der Waals surface area contributed by atoms with Crippen LogP contribution in [0.1, 0.15) is 25.5 Å². The average molecular weight is 266 g/mol. The van der Waals surface area contributed by atoms with E-state index in [1.165, 1.54) is 0 Å². The van der Waals surface area contributed by atoms with Gasteiger partial charge in [0.25, 0.3) is 0 Å². The van der Waals surface area contributed by atoms with Gasteiger partial charge < -0.3 is 4.98 Å². The second kappa shape index (κ2) is 4.94. The Morgan fingerprint density at radius 2 is 2.12 bits per heavy atom. The molecule has 0 spiro atoms. The molecular formula is C12H12ClN3S. The molecule has 0 fully saturated rings. The number of aromatic amines is 1. The summed E-state index contributed by atoms with van der Waals surface area (Å²) in [6, 6.07) is 5.48. The number of pyridine rings is 1. The van der Waals surface area contributed by atoms with Gasteiger partial charge in [-0.2, -0.15) is 0 Å². The van der Waals surface area contributed by atoms with Crippen LogP contribution in [0.4, 0.5) is 0 Å². The average Bonchev–Trinajstić information content (AvgIpc) is 2.29. The zero-order valence-electron chi connectivity index (χ0n) is 9.57. The monoisotopic (exact) mass is 265 g/mol. The van der Waals surface area contributed by atoms with Crippen LogP contribution in [0, 0.1) is 4.64 Å². The molecule has 17 heavy (non-hydrogen) atoms. The van der Waals surface area contributed by atoms with Gasteiger partial charge >= 0.3 is 0 Å². The first-order valence-corrected chi connectivity index (χ1v) is 6.08. The van der Waals surface area contributed by atoms with Crippen LogP contribution in [-0.2, 0) is 0 Å². The summed E-state index contributed by atoms with van der Waals surface area (Å²) in [5.74, 6) is 1.05. The molecule has 0 atom stereocenters. The first-order valence-electron chi connectivity index (χ1n) is 5.29. The van der Waals surface area contributed by atoms with Crippen molar-refractivity contribution in [3.8, 4) is 11.5 Å². The molecule has 0 radical (unpaired) electrons. The molecule has 88 valence electrons. The van der Waals surface area contributed by atoms with Gasteiger partial charge in [-0.3, -0.25) is 4.98 Å². The molecular weight excluding hydrogens is 254 g/mol. The Morgan fingerprint density at radius 1 is 1.35 bits per heavy atom. The lowest BCUT2D eigenvalue weighted by Crippen LogP contribution is -1.98. The van der Waals surface area contributed by atoms with Gasteiger partial charge in [-0.25, -0.2) is 4.98 Å². The predicted molar refractivity (Wildman–Crippen MR) is 71.8 cm³/mol. The summed E-state index contributed by atoms with van der Waals surface area (Å²) in [6.07, 6.45) is 1.59. The summed E-state index contributed by atoms with van der Waals surface area (Å²) in [5, 5.41) is 0.604. The fourth-order valence-corrected chi connectivity index (χ4v) is 1.75. The second-order valence-corrected chi connectivity index (χ2v) is 4.89. The normalized spacial score (nSPS) is 10.8. The third kappa shape index (κ3) is 2.90. The molecule has 2 aromatic heterocycles. The third-order valence-corrected chi connectivity index (χ3v) is 2.79. The van der Waals surface area contributed by atoms with Gasteiger partial charge in [0.1, 0.15) is 10.3 Å². The van der Waals surface area contributed by atoms with E-state index in [1.807, 2.05) is 12.1 Å². The molecule has 1 N–H and O–H groups in total. The molecule has 0 aliphatic rings. The lowest BCUT2D eigenvalue weighted by atomic mass is 10.1. The third-order valence-electron chi connectivity index (χ3n) is 2.36. The number of rotatable bonds is 2. The van der Waals surface area contributed by atoms with E-state index in [0.29, 0.717) is 21.4 Å². The molecule has 2 aromatic rings. The molecule has 0 aliphatic heterocycles. The highest BCUT2D eigenvalue weighted by molar-refractivity contribution is 7.71. The Balaban J connectivity index is 2.52. The van der Waals surface area contributed by atoms with Crippen molar-refractivity contribution in [2.75, 3.05) is 0 Å². The van der Waals surface area contributed by atoms with Crippen molar-refractivity contribution in [1.29, 1.82) is 0 Å². The highest BCUT2D eigenvalue weighted by Gasteiger charge is 2.06. The van der Waals surface area contributed by atoms with E-state index in [-0.39, 0.29) is 0 Å². The molecule has 2 rings (SSSR count). The van der Waals surface area contributed by atoms with Gasteiger partial charge in [-0.15, -0.1) is 0 Å². The Morgan fingerprint density at radius 3 is 2.71 bits per heavy atom. The zero-order chi connectivity index (χ0) is 12.4. The van der Waals surface area contributed by atoms with Gasteiger partial charge in [-0.1, -0.05) is 37.7 Å². The maximum atomic E-state index is 5.80. The van der Waals surface area contributed by atoms with E-state index in [9.17, 15) is 0 Å². The Labute approximate surface area is 110 Å². The number of halogens is 1. The van der Waals surface area contributed by atoms with Crippen LogP contribution < -0.4 is 0 Å². The van der Waals surface area contributed by atoms with Crippen molar-refractivity contribution in [3.05, 3.63) is 39.8 Å². The summed E-state index contributed by atoms with van der Waals surface area (Å²) in [6.45, 7) is 4.19. The van der Waals surface area contributed by atoms with Crippen molar-refractivity contribution in [1.82, 2.24) is 15.0 Å². The summed E-state index contributed by atoms with van der Waals surface area (Å²) < 4.78 is 0.569. The maximum absolute atomic E-state index is 5.80. The smallest absolute Gasteiger partial charge is 0.157 e. The number of hydrogen-bond donors (Lipinski definition) is 1. The number of hydrogen-bond acceptors (Lipinski definition) is 3. The van der Waals surface area contributed by atoms with Gasteiger partial charge in [0, 0.05) is 11.9 Å². The Bertz CT molecular complexity index is 575. The fraction of sp³-hybridized carbons (Fsp3) is 0.250. The Kier molecular flexibility index (Phi) is 3.54. The van der Waals surface area contributed by atoms with Gasteiger partial charge in [0.05, 0.1) is 5.02 Å². The van der Waals surface area contributed by atoms with E-state index >= 15 is 0 Å². The SMILES string of the molecule is CC(C)c1cc(=S)nc(-c2ccc(Cl)cn2)[nH]1. The van der Waals surface area contributed by atoms with E-state index in [0.717, 1.165) is 11.4 Å². The summed E-state index contributed by atoms with van der Waals surface area (Å²) in [4.78, 5) is 11.7. The van der Waals surface area contributed by atoms with Crippen LogP contribution >= 0.6 is 23.8 Å². The minimum absolute atomic E-state index is 0.366. The molecule has 0 aromatic carbocycles. The second-order valence-electron chi connectivity index (χ2n) is 4.04. The maximum Gasteiger partial charge on any atom is 0.157 e. The van der Waals surface area contributed by atoms with Gasteiger partial charge in [-0.05, 0) is 24.1 Å². The lowest BCUT2D eigenvalue weighted by molar-refractivity contribution is 0.814. The van der Waals surface area contributed by atoms with Crippen LogP contribution in [-0.4, -0.2) is 15.0 Å². The molecule has 2 heterocycles. The minimum Gasteiger partial charge on any atom is -0.342 e. The lowest BCUT2D eigenvalue weighted by Gasteiger charge is -2.08. The number of aromatic nitrogens is 3. The topological polar surface area (TPSA) is 41.6 Å². The molecule has 3 nitrogen and oxygen atoms in total. The minimum atomic E-state index is 0.366. The van der Waals surface area contributed by atoms with Crippen LogP contribution in [0.5, 0.6) is 0 Å². The largest absolute Gasteiger partial charge is 0.342 e. The molecule has 0 saturated heterocycles. The molecule has 0 aliphatic carbocycles. The number of H-pyrrole nitrogens is 1. The van der Waals surface area contributed by atoms with Crippen LogP contribution in [0.3, 0.4) is 0 Å². The Hall–Kier alpha value is -1.26. The molecule has 5 heteroatoms. The van der Waals surface area contributed by atoms with Crippen molar-refractivity contribution in [2.24, 2.45) is 0 Å². The molecule has 0 unspecified atom stereocenters. The first kappa shape index (κ1) is 12.2. The van der Waals surface area contributed by atoms with Crippen LogP contribution in [0.15, 0.2) is 24.4 Å². The number of nitrogens with zero attached hydrogens (tertiary/aromatic N) is 2.